The van der Waals surface area contributed by atoms with Gasteiger partial charge in [-0.25, -0.2) is 0 Å². The minimum Gasteiger partial charge on any atom is -0.457 e. The number of hydrogen-bond acceptors (Lipinski definition) is 4. The van der Waals surface area contributed by atoms with Crippen LogP contribution in [0.15, 0.2) is 79.1 Å². The van der Waals surface area contributed by atoms with Gasteiger partial charge in [0.1, 0.15) is 11.5 Å². The number of benzene rings is 2. The van der Waals surface area contributed by atoms with Gasteiger partial charge in [0.15, 0.2) is 0 Å². The molecule has 0 saturated heterocycles. The van der Waals surface area contributed by atoms with Crippen LogP contribution >= 0.6 is 0 Å². The summed E-state index contributed by atoms with van der Waals surface area (Å²) in [6.07, 6.45) is 8.28. The average Bonchev–Trinajstić information content (AvgIpc) is 2.76. The van der Waals surface area contributed by atoms with Crippen LogP contribution in [0.2, 0.25) is 0 Å². The minimum absolute atomic E-state index is 0.358. The van der Waals surface area contributed by atoms with Crippen LogP contribution in [0, 0.1) is 0 Å². The van der Waals surface area contributed by atoms with Crippen molar-refractivity contribution >= 4 is 0 Å². The van der Waals surface area contributed by atoms with E-state index in [-0.39, 0.29) is 0 Å². The van der Waals surface area contributed by atoms with Crippen molar-refractivity contribution in [2.75, 3.05) is 0 Å². The summed E-state index contributed by atoms with van der Waals surface area (Å²) in [6, 6.07) is 23.5. The van der Waals surface area contributed by atoms with Crippen LogP contribution in [0.3, 0.4) is 0 Å². The Morgan fingerprint density at radius 3 is 2.24 bits per heavy atom. The first-order valence-electron chi connectivity index (χ1n) is 10.5. The molecule has 0 atom stereocenters. The average molecular weight is 388 g/mol. The SMILES string of the molecule is NC1CCC(N(Cc2ccncc2)Cc2cccc(Oc3ccccc3)c2)CC1. The first-order chi connectivity index (χ1) is 14.3. The molecule has 0 amide bonds. The van der Waals surface area contributed by atoms with E-state index in [1.807, 2.05) is 48.8 Å². The van der Waals surface area contributed by atoms with Crippen molar-refractivity contribution in [1.82, 2.24) is 9.88 Å². The Balaban J connectivity index is 1.50. The van der Waals surface area contributed by atoms with E-state index in [0.717, 1.165) is 50.3 Å². The summed E-state index contributed by atoms with van der Waals surface area (Å²) in [5.74, 6) is 1.74. The van der Waals surface area contributed by atoms with Crippen LogP contribution in [0.4, 0.5) is 0 Å². The minimum atomic E-state index is 0.358. The molecular weight excluding hydrogens is 358 g/mol. The molecule has 0 radical (unpaired) electrons. The molecule has 4 rings (SSSR count). The normalized spacial score (nSPS) is 19.2. The highest BCUT2D eigenvalue weighted by Crippen LogP contribution is 2.27. The predicted molar refractivity (Wildman–Crippen MR) is 117 cm³/mol. The van der Waals surface area contributed by atoms with Gasteiger partial charge in [-0.15, -0.1) is 0 Å². The van der Waals surface area contributed by atoms with Crippen molar-refractivity contribution in [2.45, 2.75) is 50.9 Å². The highest BCUT2D eigenvalue weighted by Gasteiger charge is 2.24. The number of hydrogen-bond donors (Lipinski definition) is 1. The highest BCUT2D eigenvalue weighted by molar-refractivity contribution is 5.34. The highest BCUT2D eigenvalue weighted by atomic mass is 16.5. The Labute approximate surface area is 173 Å². The third-order valence-corrected chi connectivity index (χ3v) is 5.66. The molecule has 0 unspecified atom stereocenters. The number of para-hydroxylation sites is 1. The molecule has 2 aromatic carbocycles. The molecular formula is C25H29N3O. The van der Waals surface area contributed by atoms with E-state index in [0.29, 0.717) is 12.1 Å². The van der Waals surface area contributed by atoms with Gasteiger partial charge in [0.05, 0.1) is 0 Å². The van der Waals surface area contributed by atoms with E-state index >= 15 is 0 Å². The molecule has 1 heterocycles. The van der Waals surface area contributed by atoms with Gasteiger partial charge in [-0.05, 0) is 73.2 Å². The second-order valence-corrected chi connectivity index (χ2v) is 7.89. The van der Waals surface area contributed by atoms with Gasteiger partial charge in [0, 0.05) is 37.6 Å². The lowest BCUT2D eigenvalue weighted by atomic mass is 9.90. The molecule has 1 aliphatic rings. The maximum atomic E-state index is 6.15. The number of pyridine rings is 1. The Hall–Kier alpha value is -2.69. The van der Waals surface area contributed by atoms with Crippen molar-refractivity contribution < 1.29 is 4.74 Å². The van der Waals surface area contributed by atoms with Gasteiger partial charge >= 0.3 is 0 Å². The Morgan fingerprint density at radius 2 is 1.48 bits per heavy atom. The lowest BCUT2D eigenvalue weighted by molar-refractivity contribution is 0.134. The fraction of sp³-hybridized carbons (Fsp3) is 0.320. The quantitative estimate of drug-likeness (QED) is 0.609. The fourth-order valence-electron chi connectivity index (χ4n) is 4.07. The van der Waals surface area contributed by atoms with Crippen LogP contribution in [-0.4, -0.2) is 22.0 Å². The van der Waals surface area contributed by atoms with Crippen LogP contribution < -0.4 is 10.5 Å². The lowest BCUT2D eigenvalue weighted by Crippen LogP contribution is -2.40. The first-order valence-corrected chi connectivity index (χ1v) is 10.5. The zero-order valence-corrected chi connectivity index (χ0v) is 16.8. The molecule has 4 nitrogen and oxygen atoms in total. The van der Waals surface area contributed by atoms with Crippen molar-refractivity contribution in [3.63, 3.8) is 0 Å². The summed E-state index contributed by atoms with van der Waals surface area (Å²) < 4.78 is 6.04. The molecule has 2 N–H and O–H groups in total. The van der Waals surface area contributed by atoms with Crippen molar-refractivity contribution in [1.29, 1.82) is 0 Å². The van der Waals surface area contributed by atoms with Crippen molar-refractivity contribution in [2.24, 2.45) is 5.73 Å². The van der Waals surface area contributed by atoms with E-state index in [9.17, 15) is 0 Å². The standard InChI is InChI=1S/C25H29N3O/c26-22-9-11-23(12-10-22)28(18-20-13-15-27-16-14-20)19-21-5-4-8-25(17-21)29-24-6-2-1-3-7-24/h1-8,13-17,22-23H,9-12,18-19,26H2. The molecule has 1 aliphatic carbocycles. The zero-order valence-electron chi connectivity index (χ0n) is 16.8. The van der Waals surface area contributed by atoms with Gasteiger partial charge in [0.2, 0.25) is 0 Å². The van der Waals surface area contributed by atoms with Crippen LogP contribution in [0.25, 0.3) is 0 Å². The summed E-state index contributed by atoms with van der Waals surface area (Å²) >= 11 is 0. The van der Waals surface area contributed by atoms with E-state index in [2.05, 4.69) is 40.2 Å². The molecule has 1 fully saturated rings. The summed E-state index contributed by atoms with van der Waals surface area (Å²) in [7, 11) is 0. The van der Waals surface area contributed by atoms with Crippen LogP contribution in [-0.2, 0) is 13.1 Å². The first kappa shape index (κ1) is 19.6. The molecule has 0 spiro atoms. The molecule has 29 heavy (non-hydrogen) atoms. The number of nitrogens with two attached hydrogens (primary N) is 1. The molecule has 1 saturated carbocycles. The zero-order chi connectivity index (χ0) is 19.9. The Morgan fingerprint density at radius 1 is 0.793 bits per heavy atom. The third-order valence-electron chi connectivity index (χ3n) is 5.66. The summed E-state index contributed by atoms with van der Waals surface area (Å²) in [5.41, 5.74) is 8.72. The maximum Gasteiger partial charge on any atom is 0.127 e. The molecule has 1 aromatic heterocycles. The molecule has 150 valence electrons. The maximum absolute atomic E-state index is 6.15. The van der Waals surface area contributed by atoms with Crippen LogP contribution in [0.1, 0.15) is 36.8 Å². The van der Waals surface area contributed by atoms with Gasteiger partial charge in [-0.1, -0.05) is 30.3 Å². The fourth-order valence-corrected chi connectivity index (χ4v) is 4.07. The van der Waals surface area contributed by atoms with Crippen LogP contribution in [0.5, 0.6) is 11.5 Å². The predicted octanol–water partition coefficient (Wildman–Crippen LogP) is 5.15. The van der Waals surface area contributed by atoms with Gasteiger partial charge in [0.25, 0.3) is 0 Å². The van der Waals surface area contributed by atoms with Crippen molar-refractivity contribution in [3.8, 4) is 11.5 Å². The van der Waals surface area contributed by atoms with E-state index < -0.39 is 0 Å². The Bertz CT molecular complexity index is 877. The summed E-state index contributed by atoms with van der Waals surface area (Å²) in [5, 5.41) is 0. The number of ether oxygens (including phenoxy) is 1. The number of aromatic nitrogens is 1. The molecule has 0 aliphatic heterocycles. The lowest BCUT2D eigenvalue weighted by Gasteiger charge is -2.36. The van der Waals surface area contributed by atoms with E-state index in [4.69, 9.17) is 10.5 Å². The second kappa shape index (κ2) is 9.68. The van der Waals surface area contributed by atoms with Gasteiger partial charge in [-0.3, -0.25) is 9.88 Å². The molecule has 0 bridgehead atoms. The summed E-state index contributed by atoms with van der Waals surface area (Å²) in [6.45, 7) is 1.82. The third kappa shape index (κ3) is 5.66. The Kier molecular flexibility index (Phi) is 6.55. The second-order valence-electron chi connectivity index (χ2n) is 7.89. The smallest absolute Gasteiger partial charge is 0.127 e. The molecule has 4 heteroatoms. The van der Waals surface area contributed by atoms with E-state index in [1.54, 1.807) is 0 Å². The monoisotopic (exact) mass is 387 g/mol. The van der Waals surface area contributed by atoms with Gasteiger partial charge in [-0.2, -0.15) is 0 Å². The van der Waals surface area contributed by atoms with Gasteiger partial charge < -0.3 is 10.5 Å². The number of rotatable bonds is 7. The number of nitrogens with zero attached hydrogens (tertiary/aromatic N) is 2. The summed E-state index contributed by atoms with van der Waals surface area (Å²) in [4.78, 5) is 6.75. The van der Waals surface area contributed by atoms with Crippen molar-refractivity contribution in [3.05, 3.63) is 90.3 Å². The largest absolute Gasteiger partial charge is 0.457 e. The van der Waals surface area contributed by atoms with E-state index in [1.165, 1.54) is 11.1 Å². The topological polar surface area (TPSA) is 51.4 Å². The molecule has 3 aromatic rings.